The molecule has 0 bridgehead atoms. The molecule has 0 radical (unpaired) electrons. The molecule has 1 unspecified atom stereocenters. The monoisotopic (exact) mass is 301 g/mol. The number of Topliss-reactive ketones (excluding diaryl/α,β-unsaturated/α-hetero) is 1. The molecular formula is C14H17Cl2NO2. The summed E-state index contributed by atoms with van der Waals surface area (Å²) in [5, 5.41) is 0.957. The van der Waals surface area contributed by atoms with E-state index in [1.54, 1.807) is 18.2 Å². The van der Waals surface area contributed by atoms with Crippen molar-refractivity contribution >= 4 is 29.0 Å². The van der Waals surface area contributed by atoms with E-state index in [1.165, 1.54) is 0 Å². The van der Waals surface area contributed by atoms with Gasteiger partial charge in [0.25, 0.3) is 0 Å². The second kappa shape index (κ2) is 6.71. The lowest BCUT2D eigenvalue weighted by Gasteiger charge is -2.34. The Bertz CT molecular complexity index is 465. The minimum atomic E-state index is 0.0296. The number of benzene rings is 1. The summed E-state index contributed by atoms with van der Waals surface area (Å²) in [7, 11) is 0. The van der Waals surface area contributed by atoms with E-state index in [1.807, 2.05) is 0 Å². The van der Waals surface area contributed by atoms with Crippen LogP contribution in [0.5, 0.6) is 0 Å². The fraction of sp³-hybridized carbons (Fsp3) is 0.500. The first-order valence-corrected chi connectivity index (χ1v) is 7.17. The van der Waals surface area contributed by atoms with E-state index in [0.29, 0.717) is 41.4 Å². The van der Waals surface area contributed by atoms with Crippen molar-refractivity contribution in [2.24, 2.45) is 0 Å². The van der Waals surface area contributed by atoms with Crippen LogP contribution in [0.15, 0.2) is 18.2 Å². The maximum Gasteiger partial charge on any atom is 0.178 e. The molecule has 104 valence electrons. The van der Waals surface area contributed by atoms with Crippen LogP contribution in [0.2, 0.25) is 10.0 Å². The Morgan fingerprint density at radius 1 is 1.47 bits per heavy atom. The van der Waals surface area contributed by atoms with E-state index in [-0.39, 0.29) is 5.78 Å². The highest BCUT2D eigenvalue weighted by Gasteiger charge is 2.24. The number of carbonyl (C=O) groups excluding carboxylic acids is 1. The zero-order valence-electron chi connectivity index (χ0n) is 10.9. The van der Waals surface area contributed by atoms with Crippen molar-refractivity contribution in [3.63, 3.8) is 0 Å². The summed E-state index contributed by atoms with van der Waals surface area (Å²) in [4.78, 5) is 14.5. The first kappa shape index (κ1) is 14.8. The Labute approximate surface area is 123 Å². The number of nitrogens with zero attached hydrogens (tertiary/aromatic N) is 1. The third-order valence-corrected chi connectivity index (χ3v) is 3.95. The molecule has 1 aliphatic rings. The van der Waals surface area contributed by atoms with Gasteiger partial charge in [0.05, 0.1) is 24.8 Å². The standard InChI is InChI=1S/C14H17Cl2NO2/c1-2-11-9-19-6-5-17(11)8-14(18)12-4-3-10(15)7-13(12)16/h3-4,7,11H,2,5-6,8-9H2,1H3. The van der Waals surface area contributed by atoms with Crippen molar-refractivity contribution in [3.8, 4) is 0 Å². The lowest BCUT2D eigenvalue weighted by molar-refractivity contribution is -0.00585. The topological polar surface area (TPSA) is 29.5 Å². The molecule has 0 saturated carbocycles. The van der Waals surface area contributed by atoms with E-state index >= 15 is 0 Å². The number of halogens is 2. The second-order valence-corrected chi connectivity index (χ2v) is 5.50. The van der Waals surface area contributed by atoms with Gasteiger partial charge in [-0.25, -0.2) is 0 Å². The van der Waals surface area contributed by atoms with Gasteiger partial charge in [-0.2, -0.15) is 0 Å². The molecule has 0 aliphatic carbocycles. The van der Waals surface area contributed by atoms with Crippen LogP contribution >= 0.6 is 23.2 Å². The molecule has 1 aromatic rings. The number of hydrogen-bond acceptors (Lipinski definition) is 3. The van der Waals surface area contributed by atoms with Crippen molar-refractivity contribution in [1.82, 2.24) is 4.90 Å². The molecule has 3 nitrogen and oxygen atoms in total. The van der Waals surface area contributed by atoms with Crippen molar-refractivity contribution in [2.45, 2.75) is 19.4 Å². The molecule has 1 saturated heterocycles. The minimum Gasteiger partial charge on any atom is -0.378 e. The highest BCUT2D eigenvalue weighted by atomic mass is 35.5. The zero-order chi connectivity index (χ0) is 13.8. The van der Waals surface area contributed by atoms with Gasteiger partial charge in [-0.3, -0.25) is 9.69 Å². The van der Waals surface area contributed by atoms with Crippen LogP contribution in [0.25, 0.3) is 0 Å². The summed E-state index contributed by atoms with van der Waals surface area (Å²) in [6.07, 6.45) is 0.974. The fourth-order valence-corrected chi connectivity index (χ4v) is 2.77. The molecule has 1 fully saturated rings. The van der Waals surface area contributed by atoms with Gasteiger partial charge in [-0.05, 0) is 24.6 Å². The predicted molar refractivity (Wildman–Crippen MR) is 77.3 cm³/mol. The third kappa shape index (κ3) is 3.69. The Morgan fingerprint density at radius 2 is 2.26 bits per heavy atom. The van der Waals surface area contributed by atoms with Gasteiger partial charge in [0, 0.05) is 23.2 Å². The summed E-state index contributed by atoms with van der Waals surface area (Å²) in [5.41, 5.74) is 0.535. The Morgan fingerprint density at radius 3 is 2.95 bits per heavy atom. The molecule has 0 amide bonds. The number of ketones is 1. The van der Waals surface area contributed by atoms with Crippen molar-refractivity contribution in [2.75, 3.05) is 26.3 Å². The number of rotatable bonds is 4. The molecule has 0 aromatic heterocycles. The lowest BCUT2D eigenvalue weighted by Crippen LogP contribution is -2.47. The van der Waals surface area contributed by atoms with Crippen LogP contribution in [0, 0.1) is 0 Å². The van der Waals surface area contributed by atoms with Gasteiger partial charge in [-0.1, -0.05) is 30.1 Å². The highest BCUT2D eigenvalue weighted by Crippen LogP contribution is 2.22. The van der Waals surface area contributed by atoms with E-state index in [4.69, 9.17) is 27.9 Å². The molecule has 5 heteroatoms. The van der Waals surface area contributed by atoms with E-state index in [0.717, 1.165) is 13.0 Å². The van der Waals surface area contributed by atoms with Gasteiger partial charge in [0.1, 0.15) is 0 Å². The maximum absolute atomic E-state index is 12.3. The minimum absolute atomic E-state index is 0.0296. The number of hydrogen-bond donors (Lipinski definition) is 0. The predicted octanol–water partition coefficient (Wildman–Crippen LogP) is 3.29. The first-order chi connectivity index (χ1) is 9.11. The fourth-order valence-electron chi connectivity index (χ4n) is 2.26. The van der Waals surface area contributed by atoms with Crippen LogP contribution in [-0.2, 0) is 4.74 Å². The molecule has 1 heterocycles. The van der Waals surface area contributed by atoms with Crippen LogP contribution in [-0.4, -0.2) is 43.0 Å². The molecule has 1 aromatic carbocycles. The third-order valence-electron chi connectivity index (χ3n) is 3.40. The molecule has 1 aliphatic heterocycles. The second-order valence-electron chi connectivity index (χ2n) is 4.65. The number of morpholine rings is 1. The summed E-state index contributed by atoms with van der Waals surface area (Å²) in [6, 6.07) is 5.29. The van der Waals surface area contributed by atoms with Crippen molar-refractivity contribution < 1.29 is 9.53 Å². The summed E-state index contributed by atoms with van der Waals surface area (Å²) in [5.74, 6) is 0.0296. The van der Waals surface area contributed by atoms with E-state index < -0.39 is 0 Å². The SMILES string of the molecule is CCC1COCCN1CC(=O)c1ccc(Cl)cc1Cl. The normalized spacial score (nSPS) is 20.5. The van der Waals surface area contributed by atoms with E-state index in [2.05, 4.69) is 11.8 Å². The highest BCUT2D eigenvalue weighted by molar-refractivity contribution is 6.36. The first-order valence-electron chi connectivity index (χ1n) is 6.42. The number of ether oxygens (including phenoxy) is 1. The zero-order valence-corrected chi connectivity index (χ0v) is 12.4. The van der Waals surface area contributed by atoms with Crippen LogP contribution in [0.1, 0.15) is 23.7 Å². The quantitative estimate of drug-likeness (QED) is 0.799. The Hall–Kier alpha value is -0.610. The summed E-state index contributed by atoms with van der Waals surface area (Å²) >= 11 is 11.9. The van der Waals surface area contributed by atoms with Crippen molar-refractivity contribution in [3.05, 3.63) is 33.8 Å². The molecule has 2 rings (SSSR count). The van der Waals surface area contributed by atoms with Gasteiger partial charge in [0.15, 0.2) is 5.78 Å². The Balaban J connectivity index is 2.07. The summed E-state index contributed by atoms with van der Waals surface area (Å²) in [6.45, 7) is 4.64. The summed E-state index contributed by atoms with van der Waals surface area (Å²) < 4.78 is 5.43. The van der Waals surface area contributed by atoms with Crippen LogP contribution in [0.3, 0.4) is 0 Å². The largest absolute Gasteiger partial charge is 0.378 e. The molecule has 0 spiro atoms. The average molecular weight is 302 g/mol. The molecule has 1 atom stereocenters. The average Bonchev–Trinajstić information content (AvgIpc) is 2.39. The van der Waals surface area contributed by atoms with Gasteiger partial charge >= 0.3 is 0 Å². The molecule has 19 heavy (non-hydrogen) atoms. The molecular weight excluding hydrogens is 285 g/mol. The van der Waals surface area contributed by atoms with Crippen LogP contribution < -0.4 is 0 Å². The van der Waals surface area contributed by atoms with Crippen molar-refractivity contribution in [1.29, 1.82) is 0 Å². The van der Waals surface area contributed by atoms with Gasteiger partial charge in [0.2, 0.25) is 0 Å². The van der Waals surface area contributed by atoms with Crippen LogP contribution in [0.4, 0.5) is 0 Å². The molecule has 0 N–H and O–H groups in total. The smallest absolute Gasteiger partial charge is 0.178 e. The lowest BCUT2D eigenvalue weighted by atomic mass is 10.1. The van der Waals surface area contributed by atoms with E-state index in [9.17, 15) is 4.79 Å². The van der Waals surface area contributed by atoms with Gasteiger partial charge < -0.3 is 4.74 Å². The van der Waals surface area contributed by atoms with Gasteiger partial charge in [-0.15, -0.1) is 0 Å². The Kier molecular flexibility index (Phi) is 5.22. The maximum atomic E-state index is 12.3. The number of carbonyl (C=O) groups is 1.